The number of pyridine rings is 1. The Hall–Kier alpha value is -1.46. The van der Waals surface area contributed by atoms with Gasteiger partial charge in [-0.25, -0.2) is 0 Å². The van der Waals surface area contributed by atoms with E-state index in [0.717, 1.165) is 64.2 Å². The molecule has 5 heteroatoms. The van der Waals surface area contributed by atoms with E-state index < -0.39 is 0 Å². The molecule has 0 saturated carbocycles. The van der Waals surface area contributed by atoms with Crippen LogP contribution in [0.4, 0.5) is 0 Å². The maximum Gasteiger partial charge on any atom is 0.219 e. The molecule has 1 spiro atoms. The Balaban J connectivity index is 1.57. The van der Waals surface area contributed by atoms with E-state index in [9.17, 15) is 4.79 Å². The molecule has 2 aliphatic heterocycles. The van der Waals surface area contributed by atoms with Gasteiger partial charge in [0.1, 0.15) is 0 Å². The fourth-order valence-electron chi connectivity index (χ4n) is 4.19. The lowest BCUT2D eigenvalue weighted by molar-refractivity contribution is -0.149. The lowest BCUT2D eigenvalue weighted by Crippen LogP contribution is -2.54. The van der Waals surface area contributed by atoms with Gasteiger partial charge in [0, 0.05) is 51.9 Å². The molecule has 0 aliphatic carbocycles. The number of piperidine rings is 1. The second-order valence-corrected chi connectivity index (χ2v) is 7.08. The number of carbonyl (C=O) groups is 1. The first kappa shape index (κ1) is 17.4. The van der Waals surface area contributed by atoms with Gasteiger partial charge in [0.15, 0.2) is 0 Å². The second-order valence-electron chi connectivity index (χ2n) is 7.08. The van der Waals surface area contributed by atoms with Crippen molar-refractivity contribution in [3.05, 3.63) is 30.1 Å². The molecular weight excluding hydrogens is 302 g/mol. The topological polar surface area (TPSA) is 45.7 Å². The summed E-state index contributed by atoms with van der Waals surface area (Å²) in [4.78, 5) is 20.8. The van der Waals surface area contributed by atoms with Gasteiger partial charge in [0.2, 0.25) is 5.91 Å². The molecule has 1 aromatic rings. The summed E-state index contributed by atoms with van der Waals surface area (Å²) < 4.78 is 6.23. The molecule has 3 heterocycles. The number of nitrogens with zero attached hydrogens (tertiary/aromatic N) is 3. The molecule has 3 rings (SSSR count). The van der Waals surface area contributed by atoms with Crippen LogP contribution in [0.1, 0.15) is 45.2 Å². The van der Waals surface area contributed by atoms with Crippen LogP contribution in [0.2, 0.25) is 0 Å². The number of aromatic nitrogens is 1. The molecular formula is C19H29N3O2. The van der Waals surface area contributed by atoms with Crippen LogP contribution in [-0.2, 0) is 16.1 Å². The van der Waals surface area contributed by atoms with Crippen LogP contribution < -0.4 is 0 Å². The largest absolute Gasteiger partial charge is 0.375 e. The molecule has 0 aromatic carbocycles. The van der Waals surface area contributed by atoms with E-state index in [2.05, 4.69) is 22.9 Å². The summed E-state index contributed by atoms with van der Waals surface area (Å²) in [6.07, 6.45) is 5.90. The van der Waals surface area contributed by atoms with Crippen molar-refractivity contribution < 1.29 is 9.53 Å². The Morgan fingerprint density at radius 3 is 2.83 bits per heavy atom. The third kappa shape index (κ3) is 3.95. The van der Waals surface area contributed by atoms with Crippen molar-refractivity contribution in [2.45, 2.75) is 57.7 Å². The van der Waals surface area contributed by atoms with E-state index in [1.165, 1.54) is 0 Å². The number of rotatable bonds is 4. The third-order valence-electron chi connectivity index (χ3n) is 5.53. The highest BCUT2D eigenvalue weighted by Crippen LogP contribution is 2.37. The van der Waals surface area contributed by atoms with Gasteiger partial charge in [0.05, 0.1) is 11.3 Å². The van der Waals surface area contributed by atoms with Gasteiger partial charge in [-0.05, 0) is 44.7 Å². The zero-order chi connectivity index (χ0) is 17.0. The lowest BCUT2D eigenvalue weighted by Gasteiger charge is -2.48. The highest BCUT2D eigenvalue weighted by atomic mass is 16.5. The molecule has 1 aromatic heterocycles. The maximum atomic E-state index is 11.9. The minimum absolute atomic E-state index is 0.0353. The van der Waals surface area contributed by atoms with Gasteiger partial charge >= 0.3 is 0 Å². The molecule has 5 nitrogen and oxygen atoms in total. The highest BCUT2D eigenvalue weighted by Gasteiger charge is 2.42. The van der Waals surface area contributed by atoms with Crippen LogP contribution >= 0.6 is 0 Å². The summed E-state index contributed by atoms with van der Waals surface area (Å²) in [6.45, 7) is 8.30. The minimum atomic E-state index is -0.0353. The predicted molar refractivity (Wildman–Crippen MR) is 93.5 cm³/mol. The first-order chi connectivity index (χ1) is 11.6. The van der Waals surface area contributed by atoms with Crippen molar-refractivity contribution in [2.75, 3.05) is 26.2 Å². The Morgan fingerprint density at radius 2 is 2.21 bits per heavy atom. The SMILES string of the molecule is CCN(C(C)=O)[C@@H]1CCOC2(CCN(Cc3ccccn3)CC2)C1. The number of carbonyl (C=O) groups excluding carboxylic acids is 1. The Bertz CT molecular complexity index is 541. The number of likely N-dealkylation sites (tertiary alicyclic amines) is 1. The molecule has 0 radical (unpaired) electrons. The van der Waals surface area contributed by atoms with E-state index in [4.69, 9.17) is 4.74 Å². The molecule has 0 unspecified atom stereocenters. The van der Waals surface area contributed by atoms with Crippen molar-refractivity contribution >= 4 is 5.91 Å². The quantitative estimate of drug-likeness (QED) is 0.850. The Morgan fingerprint density at radius 1 is 1.42 bits per heavy atom. The van der Waals surface area contributed by atoms with E-state index >= 15 is 0 Å². The van der Waals surface area contributed by atoms with Crippen molar-refractivity contribution in [2.24, 2.45) is 0 Å². The number of hydrogen-bond acceptors (Lipinski definition) is 4. The van der Waals surface area contributed by atoms with Gasteiger partial charge in [-0.3, -0.25) is 14.7 Å². The molecule has 2 fully saturated rings. The number of ether oxygens (including phenoxy) is 1. The summed E-state index contributed by atoms with van der Waals surface area (Å²) in [5, 5.41) is 0. The van der Waals surface area contributed by atoms with Crippen molar-refractivity contribution in [1.82, 2.24) is 14.8 Å². The van der Waals surface area contributed by atoms with E-state index in [1.54, 1.807) is 6.92 Å². The summed E-state index contributed by atoms with van der Waals surface area (Å²) in [5.41, 5.74) is 1.09. The first-order valence-corrected chi connectivity index (χ1v) is 9.15. The van der Waals surface area contributed by atoms with Gasteiger partial charge < -0.3 is 9.64 Å². The molecule has 24 heavy (non-hydrogen) atoms. The van der Waals surface area contributed by atoms with Crippen molar-refractivity contribution in [1.29, 1.82) is 0 Å². The normalized spacial score (nSPS) is 24.0. The van der Waals surface area contributed by atoms with E-state index in [0.29, 0.717) is 6.04 Å². The van der Waals surface area contributed by atoms with Crippen LogP contribution in [0.25, 0.3) is 0 Å². The molecule has 0 N–H and O–H groups in total. The smallest absolute Gasteiger partial charge is 0.219 e. The predicted octanol–water partition coefficient (Wildman–Crippen LogP) is 2.46. The number of hydrogen-bond donors (Lipinski definition) is 0. The van der Waals surface area contributed by atoms with E-state index in [1.807, 2.05) is 23.2 Å². The standard InChI is InChI=1S/C19H29N3O2/c1-3-22(16(2)23)18-7-13-24-19(14-18)8-11-21(12-9-19)15-17-6-4-5-10-20-17/h4-6,10,18H,3,7-9,11-15H2,1-2H3/t18-/m1/s1. The molecule has 0 bridgehead atoms. The molecule has 1 atom stereocenters. The van der Waals surface area contributed by atoms with Crippen molar-refractivity contribution in [3.63, 3.8) is 0 Å². The molecule has 2 aliphatic rings. The third-order valence-corrected chi connectivity index (χ3v) is 5.53. The number of amides is 1. The summed E-state index contributed by atoms with van der Waals surface area (Å²) >= 11 is 0. The molecule has 1 amide bonds. The Labute approximate surface area is 145 Å². The zero-order valence-electron chi connectivity index (χ0n) is 14.9. The van der Waals surface area contributed by atoms with Gasteiger partial charge in [-0.1, -0.05) is 6.07 Å². The van der Waals surface area contributed by atoms with Crippen LogP contribution in [0, 0.1) is 0 Å². The fourth-order valence-corrected chi connectivity index (χ4v) is 4.19. The molecule has 2 saturated heterocycles. The van der Waals surface area contributed by atoms with Gasteiger partial charge in [-0.15, -0.1) is 0 Å². The highest BCUT2D eigenvalue weighted by molar-refractivity contribution is 5.73. The van der Waals surface area contributed by atoms with Crippen LogP contribution in [0.15, 0.2) is 24.4 Å². The van der Waals surface area contributed by atoms with Crippen LogP contribution in [-0.4, -0.2) is 58.6 Å². The second kappa shape index (κ2) is 7.62. The van der Waals surface area contributed by atoms with Gasteiger partial charge in [0.25, 0.3) is 0 Å². The fraction of sp³-hybridized carbons (Fsp3) is 0.684. The average Bonchev–Trinajstić information content (AvgIpc) is 2.59. The van der Waals surface area contributed by atoms with Crippen molar-refractivity contribution in [3.8, 4) is 0 Å². The maximum absolute atomic E-state index is 11.9. The summed E-state index contributed by atoms with van der Waals surface area (Å²) in [7, 11) is 0. The monoisotopic (exact) mass is 331 g/mol. The molecule has 132 valence electrons. The van der Waals surface area contributed by atoms with Gasteiger partial charge in [-0.2, -0.15) is 0 Å². The summed E-state index contributed by atoms with van der Waals surface area (Å²) in [6, 6.07) is 6.43. The van der Waals surface area contributed by atoms with Crippen LogP contribution in [0.5, 0.6) is 0 Å². The zero-order valence-corrected chi connectivity index (χ0v) is 14.9. The summed E-state index contributed by atoms with van der Waals surface area (Å²) in [5.74, 6) is 0.187. The lowest BCUT2D eigenvalue weighted by atomic mass is 9.81. The minimum Gasteiger partial charge on any atom is -0.375 e. The first-order valence-electron chi connectivity index (χ1n) is 9.15. The van der Waals surface area contributed by atoms with Crippen LogP contribution in [0.3, 0.4) is 0 Å². The van der Waals surface area contributed by atoms with E-state index in [-0.39, 0.29) is 11.5 Å². The Kier molecular flexibility index (Phi) is 5.51. The average molecular weight is 331 g/mol.